The van der Waals surface area contributed by atoms with Gasteiger partial charge in [0.2, 0.25) is 0 Å². The molecule has 1 aromatic heterocycles. The second-order valence-corrected chi connectivity index (χ2v) is 3.80. The molecule has 1 fully saturated rings. The van der Waals surface area contributed by atoms with Crippen LogP contribution in [0, 0.1) is 5.92 Å². The Bertz CT molecular complexity index is 276. The minimum absolute atomic E-state index is 0.0740. The van der Waals surface area contributed by atoms with Crippen LogP contribution in [0.5, 0.6) is 0 Å². The van der Waals surface area contributed by atoms with Crippen LogP contribution in [0.25, 0.3) is 0 Å². The van der Waals surface area contributed by atoms with E-state index >= 15 is 0 Å². The number of aromatic nitrogens is 4. The minimum atomic E-state index is -0.0740. The standard InChI is InChI=1S/C8H15N5/c1-6(9)8-10-11-12-13(8)5-7-3-2-4-7/h6-7H,2-5,9H2,1H3. The lowest BCUT2D eigenvalue weighted by atomic mass is 9.85. The average Bonchev–Trinajstić information content (AvgIpc) is 2.44. The van der Waals surface area contributed by atoms with Crippen LogP contribution in [-0.4, -0.2) is 20.2 Å². The SMILES string of the molecule is CC(N)c1nnnn1CC1CCC1. The van der Waals surface area contributed by atoms with Crippen LogP contribution in [-0.2, 0) is 6.54 Å². The zero-order chi connectivity index (χ0) is 9.26. The largest absolute Gasteiger partial charge is 0.322 e. The van der Waals surface area contributed by atoms with E-state index in [0.29, 0.717) is 0 Å². The molecule has 1 atom stereocenters. The zero-order valence-corrected chi connectivity index (χ0v) is 7.85. The maximum absolute atomic E-state index is 5.73. The van der Waals surface area contributed by atoms with Crippen LogP contribution >= 0.6 is 0 Å². The number of rotatable bonds is 3. The molecule has 1 aliphatic rings. The Kier molecular flexibility index (Phi) is 2.26. The van der Waals surface area contributed by atoms with Gasteiger partial charge in [-0.25, -0.2) is 4.68 Å². The van der Waals surface area contributed by atoms with E-state index in [9.17, 15) is 0 Å². The maximum atomic E-state index is 5.73. The highest BCUT2D eigenvalue weighted by atomic mass is 15.5. The van der Waals surface area contributed by atoms with Gasteiger partial charge in [0.15, 0.2) is 5.82 Å². The average molecular weight is 181 g/mol. The minimum Gasteiger partial charge on any atom is -0.322 e. The van der Waals surface area contributed by atoms with Crippen molar-refractivity contribution in [3.05, 3.63) is 5.82 Å². The summed E-state index contributed by atoms with van der Waals surface area (Å²) in [6.45, 7) is 2.84. The summed E-state index contributed by atoms with van der Waals surface area (Å²) in [7, 11) is 0. The molecule has 72 valence electrons. The van der Waals surface area contributed by atoms with E-state index in [4.69, 9.17) is 5.73 Å². The first-order valence-corrected chi connectivity index (χ1v) is 4.79. The predicted molar refractivity (Wildman–Crippen MR) is 47.8 cm³/mol. The molecular weight excluding hydrogens is 166 g/mol. The van der Waals surface area contributed by atoms with Gasteiger partial charge in [0.25, 0.3) is 0 Å². The zero-order valence-electron chi connectivity index (χ0n) is 7.85. The molecule has 5 nitrogen and oxygen atoms in total. The second-order valence-electron chi connectivity index (χ2n) is 3.80. The van der Waals surface area contributed by atoms with E-state index in [1.165, 1.54) is 19.3 Å². The molecule has 2 rings (SSSR count). The molecule has 1 aromatic rings. The summed E-state index contributed by atoms with van der Waals surface area (Å²) >= 11 is 0. The normalized spacial score (nSPS) is 19.8. The molecule has 1 saturated carbocycles. The van der Waals surface area contributed by atoms with E-state index < -0.39 is 0 Å². The number of hydrogen-bond donors (Lipinski definition) is 1. The summed E-state index contributed by atoms with van der Waals surface area (Å²) in [5, 5.41) is 11.5. The van der Waals surface area contributed by atoms with Gasteiger partial charge in [0, 0.05) is 6.54 Å². The fourth-order valence-corrected chi connectivity index (χ4v) is 1.59. The maximum Gasteiger partial charge on any atom is 0.167 e. The molecule has 0 bridgehead atoms. The van der Waals surface area contributed by atoms with Crippen LogP contribution in [0.3, 0.4) is 0 Å². The van der Waals surface area contributed by atoms with Crippen LogP contribution < -0.4 is 5.73 Å². The Morgan fingerprint density at radius 3 is 2.92 bits per heavy atom. The van der Waals surface area contributed by atoms with Gasteiger partial charge in [-0.05, 0) is 36.1 Å². The van der Waals surface area contributed by atoms with Crippen molar-refractivity contribution in [3.8, 4) is 0 Å². The fourth-order valence-electron chi connectivity index (χ4n) is 1.59. The Balaban J connectivity index is 2.05. The van der Waals surface area contributed by atoms with E-state index in [1.54, 1.807) is 0 Å². The van der Waals surface area contributed by atoms with Crippen molar-refractivity contribution in [2.75, 3.05) is 0 Å². The first-order valence-electron chi connectivity index (χ1n) is 4.79. The number of hydrogen-bond acceptors (Lipinski definition) is 4. The van der Waals surface area contributed by atoms with Crippen LogP contribution in [0.2, 0.25) is 0 Å². The summed E-state index contributed by atoms with van der Waals surface area (Å²) in [6, 6.07) is -0.0740. The third-order valence-electron chi connectivity index (χ3n) is 2.62. The van der Waals surface area contributed by atoms with E-state index in [0.717, 1.165) is 18.3 Å². The number of nitrogens with zero attached hydrogens (tertiary/aromatic N) is 4. The van der Waals surface area contributed by atoms with Gasteiger partial charge in [0.05, 0.1) is 6.04 Å². The van der Waals surface area contributed by atoms with Crippen molar-refractivity contribution in [3.63, 3.8) is 0 Å². The molecule has 1 unspecified atom stereocenters. The van der Waals surface area contributed by atoms with Crippen molar-refractivity contribution >= 4 is 0 Å². The third kappa shape index (κ3) is 1.70. The lowest BCUT2D eigenvalue weighted by Gasteiger charge is -2.25. The van der Waals surface area contributed by atoms with Gasteiger partial charge in [0.1, 0.15) is 0 Å². The Morgan fingerprint density at radius 2 is 2.38 bits per heavy atom. The van der Waals surface area contributed by atoms with Crippen molar-refractivity contribution in [1.29, 1.82) is 0 Å². The monoisotopic (exact) mass is 181 g/mol. The number of nitrogens with two attached hydrogens (primary N) is 1. The molecule has 1 heterocycles. The molecule has 0 aromatic carbocycles. The first kappa shape index (κ1) is 8.62. The Morgan fingerprint density at radius 1 is 1.62 bits per heavy atom. The molecule has 0 saturated heterocycles. The summed E-state index contributed by atoms with van der Waals surface area (Å²) in [5.41, 5.74) is 5.73. The highest BCUT2D eigenvalue weighted by Gasteiger charge is 2.20. The van der Waals surface area contributed by atoms with Crippen LogP contribution in [0.1, 0.15) is 38.1 Å². The van der Waals surface area contributed by atoms with E-state index in [1.807, 2.05) is 11.6 Å². The summed E-state index contributed by atoms with van der Waals surface area (Å²) in [6.07, 6.45) is 3.96. The molecule has 0 amide bonds. The van der Waals surface area contributed by atoms with Crippen molar-refractivity contribution in [1.82, 2.24) is 20.2 Å². The predicted octanol–water partition coefficient (Wildman–Crippen LogP) is 0.493. The molecule has 2 N–H and O–H groups in total. The molecule has 1 aliphatic carbocycles. The van der Waals surface area contributed by atoms with Crippen LogP contribution in [0.15, 0.2) is 0 Å². The topological polar surface area (TPSA) is 69.6 Å². The molecule has 0 radical (unpaired) electrons. The summed E-state index contributed by atoms with van der Waals surface area (Å²) < 4.78 is 1.84. The van der Waals surface area contributed by atoms with Crippen molar-refractivity contribution in [2.45, 2.75) is 38.8 Å². The third-order valence-corrected chi connectivity index (χ3v) is 2.62. The highest BCUT2D eigenvalue weighted by molar-refractivity contribution is 4.88. The Hall–Kier alpha value is -0.970. The molecule has 0 aliphatic heterocycles. The fraction of sp³-hybridized carbons (Fsp3) is 0.875. The molecule has 0 spiro atoms. The van der Waals surface area contributed by atoms with Gasteiger partial charge in [-0.15, -0.1) is 5.10 Å². The Labute approximate surface area is 77.3 Å². The summed E-state index contributed by atoms with van der Waals surface area (Å²) in [4.78, 5) is 0. The number of tetrazole rings is 1. The quantitative estimate of drug-likeness (QED) is 0.737. The van der Waals surface area contributed by atoms with Crippen molar-refractivity contribution in [2.24, 2.45) is 11.7 Å². The lowest BCUT2D eigenvalue weighted by molar-refractivity contribution is 0.260. The lowest BCUT2D eigenvalue weighted by Crippen LogP contribution is -2.22. The first-order chi connectivity index (χ1) is 6.27. The highest BCUT2D eigenvalue weighted by Crippen LogP contribution is 2.27. The van der Waals surface area contributed by atoms with Gasteiger partial charge < -0.3 is 5.73 Å². The van der Waals surface area contributed by atoms with E-state index in [-0.39, 0.29) is 6.04 Å². The van der Waals surface area contributed by atoms with E-state index in [2.05, 4.69) is 15.5 Å². The van der Waals surface area contributed by atoms with Gasteiger partial charge >= 0.3 is 0 Å². The second kappa shape index (κ2) is 3.41. The molecule has 5 heteroatoms. The summed E-state index contributed by atoms with van der Waals surface area (Å²) in [5.74, 6) is 1.56. The van der Waals surface area contributed by atoms with Gasteiger partial charge in [-0.1, -0.05) is 6.42 Å². The van der Waals surface area contributed by atoms with Gasteiger partial charge in [-0.2, -0.15) is 0 Å². The smallest absolute Gasteiger partial charge is 0.167 e. The van der Waals surface area contributed by atoms with Crippen molar-refractivity contribution < 1.29 is 0 Å². The molecular formula is C8H15N5. The molecule has 13 heavy (non-hydrogen) atoms. The van der Waals surface area contributed by atoms with Gasteiger partial charge in [-0.3, -0.25) is 0 Å². The van der Waals surface area contributed by atoms with Crippen LogP contribution in [0.4, 0.5) is 0 Å².